The number of ether oxygens (including phenoxy) is 1. The van der Waals surface area contributed by atoms with Crippen LogP contribution in [-0.2, 0) is 14.8 Å². The number of methoxy groups -OCH3 is 1. The summed E-state index contributed by atoms with van der Waals surface area (Å²) in [6.07, 6.45) is 3.32. The van der Waals surface area contributed by atoms with Crippen molar-refractivity contribution in [1.82, 2.24) is 0 Å². The van der Waals surface area contributed by atoms with Crippen LogP contribution in [0, 0.1) is 5.92 Å². The Morgan fingerprint density at radius 1 is 1.30 bits per heavy atom. The van der Waals surface area contributed by atoms with Crippen molar-refractivity contribution in [3.05, 3.63) is 22.4 Å². The van der Waals surface area contributed by atoms with Gasteiger partial charge in [0.25, 0.3) is 0 Å². The highest BCUT2D eigenvalue weighted by Crippen LogP contribution is 2.69. The molecule has 1 aliphatic rings. The van der Waals surface area contributed by atoms with E-state index in [1.54, 1.807) is 11.3 Å². The summed E-state index contributed by atoms with van der Waals surface area (Å²) < 4.78 is 12.8. The first kappa shape index (κ1) is 16.2. The molecule has 0 aromatic carbocycles. The summed E-state index contributed by atoms with van der Waals surface area (Å²) in [6, 6.07) is 2.21. The molecule has 1 heterocycles. The van der Waals surface area contributed by atoms with Crippen molar-refractivity contribution >= 4 is 19.7 Å². The maximum Gasteiger partial charge on any atom is 0.184 e. The summed E-state index contributed by atoms with van der Waals surface area (Å²) in [4.78, 5) is 0. The van der Waals surface area contributed by atoms with Crippen LogP contribution in [0.2, 0.25) is 19.6 Å². The third-order valence-electron chi connectivity index (χ3n) is 4.39. The van der Waals surface area contributed by atoms with Gasteiger partial charge in [0.1, 0.15) is 5.60 Å². The minimum absolute atomic E-state index is 0.114. The monoisotopic (exact) mass is 312 g/mol. The van der Waals surface area contributed by atoms with E-state index in [2.05, 4.69) is 50.3 Å². The molecule has 1 fully saturated rings. The highest BCUT2D eigenvalue weighted by molar-refractivity contribution is 7.08. The molecule has 3 atom stereocenters. The zero-order valence-corrected chi connectivity index (χ0v) is 15.5. The van der Waals surface area contributed by atoms with Crippen molar-refractivity contribution < 1.29 is 9.16 Å². The minimum atomic E-state index is -1.62. The van der Waals surface area contributed by atoms with E-state index in [0.29, 0.717) is 5.92 Å². The zero-order valence-electron chi connectivity index (χ0n) is 13.7. The summed E-state index contributed by atoms with van der Waals surface area (Å²) in [5, 5.41) is 4.38. The fraction of sp³-hybridized carbons (Fsp3) is 0.750. The number of thiophene rings is 1. The Bertz CT molecular complexity index is 440. The highest BCUT2D eigenvalue weighted by atomic mass is 32.1. The lowest BCUT2D eigenvalue weighted by Gasteiger charge is -2.31. The van der Waals surface area contributed by atoms with Gasteiger partial charge in [-0.25, -0.2) is 0 Å². The molecule has 1 saturated carbocycles. The van der Waals surface area contributed by atoms with E-state index in [4.69, 9.17) is 9.16 Å². The van der Waals surface area contributed by atoms with Crippen LogP contribution in [0.5, 0.6) is 0 Å². The molecular formula is C16H28O2SSi. The lowest BCUT2D eigenvalue weighted by atomic mass is 10.0. The van der Waals surface area contributed by atoms with Crippen molar-refractivity contribution in [3.8, 4) is 0 Å². The van der Waals surface area contributed by atoms with Crippen molar-refractivity contribution in [2.75, 3.05) is 7.11 Å². The molecular weight excluding hydrogens is 284 g/mol. The van der Waals surface area contributed by atoms with E-state index in [-0.39, 0.29) is 11.2 Å². The van der Waals surface area contributed by atoms with E-state index in [9.17, 15) is 0 Å². The molecule has 2 nitrogen and oxygen atoms in total. The average molecular weight is 313 g/mol. The normalized spacial score (nSPS) is 33.4. The van der Waals surface area contributed by atoms with Crippen LogP contribution in [0.4, 0.5) is 0 Å². The van der Waals surface area contributed by atoms with Crippen LogP contribution in [0.3, 0.4) is 0 Å². The van der Waals surface area contributed by atoms with Gasteiger partial charge in [0.05, 0.1) is 5.60 Å². The van der Waals surface area contributed by atoms with Crippen molar-refractivity contribution in [2.24, 2.45) is 5.92 Å². The van der Waals surface area contributed by atoms with E-state index >= 15 is 0 Å². The Balaban J connectivity index is 2.45. The Kier molecular flexibility index (Phi) is 4.51. The van der Waals surface area contributed by atoms with Gasteiger partial charge in [-0.15, -0.1) is 0 Å². The maximum atomic E-state index is 6.73. The smallest absolute Gasteiger partial charge is 0.184 e. The Morgan fingerprint density at radius 3 is 2.40 bits per heavy atom. The first-order valence-electron chi connectivity index (χ1n) is 7.66. The molecule has 0 aliphatic heterocycles. The Labute approximate surface area is 128 Å². The summed E-state index contributed by atoms with van der Waals surface area (Å²) in [7, 11) is 0.233. The Morgan fingerprint density at radius 2 is 2.00 bits per heavy atom. The van der Waals surface area contributed by atoms with Gasteiger partial charge in [-0.2, -0.15) is 11.3 Å². The third kappa shape index (κ3) is 2.30. The molecule has 1 aromatic rings. The van der Waals surface area contributed by atoms with E-state index < -0.39 is 8.32 Å². The van der Waals surface area contributed by atoms with Gasteiger partial charge in [-0.3, -0.25) is 0 Å². The highest BCUT2D eigenvalue weighted by Gasteiger charge is 2.78. The van der Waals surface area contributed by atoms with Crippen LogP contribution in [0.1, 0.15) is 38.7 Å². The average Bonchev–Trinajstić information content (AvgIpc) is 2.72. The zero-order chi connectivity index (χ0) is 15.0. The second-order valence-electron chi connectivity index (χ2n) is 6.77. The molecule has 0 amide bonds. The third-order valence-corrected chi connectivity index (χ3v) is 6.05. The van der Waals surface area contributed by atoms with Crippen molar-refractivity contribution in [2.45, 2.75) is 64.0 Å². The molecule has 0 spiro atoms. The van der Waals surface area contributed by atoms with Gasteiger partial charge in [0.15, 0.2) is 8.32 Å². The quantitative estimate of drug-likeness (QED) is 0.658. The number of rotatable bonds is 7. The summed E-state index contributed by atoms with van der Waals surface area (Å²) in [5.41, 5.74) is 0.970. The molecule has 1 aromatic heterocycles. The van der Waals surface area contributed by atoms with Crippen LogP contribution in [0.25, 0.3) is 0 Å². The lowest BCUT2D eigenvalue weighted by Crippen LogP contribution is -2.39. The van der Waals surface area contributed by atoms with E-state index in [0.717, 1.165) is 19.3 Å². The second kappa shape index (κ2) is 5.56. The Hall–Kier alpha value is -0.163. The largest absolute Gasteiger partial charge is 0.408 e. The van der Waals surface area contributed by atoms with E-state index in [1.165, 1.54) is 5.56 Å². The van der Waals surface area contributed by atoms with Crippen LogP contribution < -0.4 is 0 Å². The van der Waals surface area contributed by atoms with Gasteiger partial charge in [-0.05, 0) is 54.9 Å². The molecule has 114 valence electrons. The van der Waals surface area contributed by atoms with Crippen molar-refractivity contribution in [3.63, 3.8) is 0 Å². The number of hydrogen-bond donors (Lipinski definition) is 0. The second-order valence-corrected chi connectivity index (χ2v) is 12.0. The summed E-state index contributed by atoms with van der Waals surface area (Å²) in [5.74, 6) is 0.473. The minimum Gasteiger partial charge on any atom is -0.408 e. The molecule has 0 unspecified atom stereocenters. The van der Waals surface area contributed by atoms with Gasteiger partial charge >= 0.3 is 0 Å². The molecule has 20 heavy (non-hydrogen) atoms. The van der Waals surface area contributed by atoms with Crippen LogP contribution >= 0.6 is 11.3 Å². The fourth-order valence-corrected chi connectivity index (χ4v) is 6.20. The predicted molar refractivity (Wildman–Crippen MR) is 88.9 cm³/mol. The molecule has 0 radical (unpaired) electrons. The van der Waals surface area contributed by atoms with Crippen LogP contribution in [0.15, 0.2) is 16.8 Å². The van der Waals surface area contributed by atoms with Gasteiger partial charge in [0, 0.05) is 13.0 Å². The molecule has 0 saturated heterocycles. The fourth-order valence-electron chi connectivity index (χ4n) is 4.00. The predicted octanol–water partition coefficient (Wildman–Crippen LogP) is 5.02. The topological polar surface area (TPSA) is 18.5 Å². The molecule has 0 bridgehead atoms. The first-order chi connectivity index (χ1) is 9.38. The van der Waals surface area contributed by atoms with Crippen LogP contribution in [-0.4, -0.2) is 21.0 Å². The van der Waals surface area contributed by atoms with Gasteiger partial charge in [0.2, 0.25) is 0 Å². The van der Waals surface area contributed by atoms with Crippen molar-refractivity contribution in [1.29, 1.82) is 0 Å². The summed E-state index contributed by atoms with van der Waals surface area (Å²) in [6.45, 7) is 11.3. The molecule has 4 heteroatoms. The molecule has 2 rings (SSSR count). The molecule has 1 aliphatic carbocycles. The maximum absolute atomic E-state index is 6.73. The standard InChI is InChI=1S/C16H28O2SSi/c1-7-10-15(18-20(4,5)6)14(8-2)16(15,17-3)13-9-11-19-12-13/h9,11-12,14H,7-8,10H2,1-6H3/t14-,15+,16-/m1/s1. The van der Waals surface area contributed by atoms with Gasteiger partial charge in [-0.1, -0.05) is 20.3 Å². The SMILES string of the molecule is CCC[C@]1(O[Si](C)(C)C)[C@@H](CC)[C@]1(OC)c1ccsc1. The van der Waals surface area contributed by atoms with Gasteiger partial charge < -0.3 is 9.16 Å². The lowest BCUT2D eigenvalue weighted by molar-refractivity contribution is -0.0105. The van der Waals surface area contributed by atoms with E-state index in [1.807, 2.05) is 7.11 Å². The molecule has 0 N–H and O–H groups in total. The first-order valence-corrected chi connectivity index (χ1v) is 12.0. The summed E-state index contributed by atoms with van der Waals surface area (Å²) >= 11 is 1.75. The number of hydrogen-bond acceptors (Lipinski definition) is 3.